The molecule has 9 heteroatoms. The standard InChI is InChI=1S/C20H32N4O3.2ClH/c21-9-12-27-18-13-17(25)20(18)7-10-24(11-8-20)19(26)6-5-16-14-3-1-2-4-15(14)22-23-16;;/h17-18,25H,1-13,21H2,(H,22,23);2*1H/t17-,18+;;/m1../s1. The maximum atomic E-state index is 12.7. The van der Waals surface area contributed by atoms with Gasteiger partial charge in [-0.2, -0.15) is 5.10 Å². The maximum Gasteiger partial charge on any atom is 0.222 e. The molecule has 7 nitrogen and oxygen atoms in total. The Kier molecular flexibility index (Phi) is 8.79. The SMILES string of the molecule is Cl.Cl.NCCO[C@H]1C[C@@H](O)C12CCN(C(=O)CCc1n[nH]c3c1CCCC3)CC2. The van der Waals surface area contributed by atoms with Crippen LogP contribution in [0.5, 0.6) is 0 Å². The number of nitrogens with one attached hydrogen (secondary N) is 1. The third-order valence-corrected chi connectivity index (χ3v) is 6.94. The number of carbonyl (C=O) groups excluding carboxylic acids is 1. The van der Waals surface area contributed by atoms with Crippen LogP contribution >= 0.6 is 24.8 Å². The summed E-state index contributed by atoms with van der Waals surface area (Å²) in [7, 11) is 0. The summed E-state index contributed by atoms with van der Waals surface area (Å²) in [6, 6.07) is 0. The molecule has 1 aliphatic heterocycles. The third kappa shape index (κ3) is 4.74. The number of carbonyl (C=O) groups is 1. The van der Waals surface area contributed by atoms with Crippen LogP contribution in [0.4, 0.5) is 0 Å². The van der Waals surface area contributed by atoms with Crippen LogP contribution in [0.15, 0.2) is 0 Å². The summed E-state index contributed by atoms with van der Waals surface area (Å²) in [5.74, 6) is 0.200. The van der Waals surface area contributed by atoms with E-state index < -0.39 is 0 Å². The van der Waals surface area contributed by atoms with Crippen LogP contribution in [0, 0.1) is 5.41 Å². The molecule has 0 radical (unpaired) electrons. The van der Waals surface area contributed by atoms with Crippen LogP contribution in [0.3, 0.4) is 0 Å². The van der Waals surface area contributed by atoms with Gasteiger partial charge in [0.1, 0.15) is 0 Å². The van der Waals surface area contributed by atoms with Gasteiger partial charge < -0.3 is 20.5 Å². The zero-order valence-corrected chi connectivity index (χ0v) is 18.5. The van der Waals surface area contributed by atoms with Crippen molar-refractivity contribution in [3.05, 3.63) is 17.0 Å². The molecule has 166 valence electrons. The number of hydrogen-bond acceptors (Lipinski definition) is 5. The zero-order chi connectivity index (χ0) is 18.9. The molecule has 29 heavy (non-hydrogen) atoms. The molecule has 2 fully saturated rings. The highest BCUT2D eigenvalue weighted by Gasteiger charge is 2.56. The summed E-state index contributed by atoms with van der Waals surface area (Å²) in [5.41, 5.74) is 9.07. The largest absolute Gasteiger partial charge is 0.392 e. The van der Waals surface area contributed by atoms with Gasteiger partial charge in [-0.05, 0) is 44.1 Å². The number of amides is 1. The molecule has 0 aromatic carbocycles. The second-order valence-electron chi connectivity index (χ2n) is 8.35. The predicted octanol–water partition coefficient (Wildman–Crippen LogP) is 1.78. The molecule has 1 spiro atoms. The lowest BCUT2D eigenvalue weighted by Crippen LogP contribution is -2.62. The molecular weight excluding hydrogens is 415 g/mol. The van der Waals surface area contributed by atoms with Gasteiger partial charge in [0, 0.05) is 50.0 Å². The first-order valence-electron chi connectivity index (χ1n) is 10.5. The Labute approximate surface area is 184 Å². The summed E-state index contributed by atoms with van der Waals surface area (Å²) in [5, 5.41) is 17.9. The fourth-order valence-electron chi connectivity index (χ4n) is 5.14. The summed E-state index contributed by atoms with van der Waals surface area (Å²) >= 11 is 0. The van der Waals surface area contributed by atoms with E-state index in [4.69, 9.17) is 10.5 Å². The van der Waals surface area contributed by atoms with Crippen LogP contribution in [-0.4, -0.2) is 64.6 Å². The normalized spacial score (nSPS) is 24.8. The molecule has 2 heterocycles. The zero-order valence-electron chi connectivity index (χ0n) is 16.9. The van der Waals surface area contributed by atoms with Crippen molar-refractivity contribution >= 4 is 30.7 Å². The number of H-pyrrole nitrogens is 1. The van der Waals surface area contributed by atoms with E-state index in [-0.39, 0.29) is 48.3 Å². The van der Waals surface area contributed by atoms with Crippen LogP contribution in [0.25, 0.3) is 0 Å². The number of nitrogens with two attached hydrogens (primary N) is 1. The van der Waals surface area contributed by atoms with Gasteiger partial charge in [-0.3, -0.25) is 9.89 Å². The number of piperidine rings is 1. The van der Waals surface area contributed by atoms with Gasteiger partial charge in [-0.15, -0.1) is 24.8 Å². The fourth-order valence-corrected chi connectivity index (χ4v) is 5.14. The van der Waals surface area contributed by atoms with Crippen molar-refractivity contribution < 1.29 is 14.6 Å². The highest BCUT2D eigenvalue weighted by Crippen LogP contribution is 2.51. The van der Waals surface area contributed by atoms with Crippen LogP contribution in [-0.2, 0) is 28.8 Å². The molecule has 3 aliphatic rings. The summed E-state index contributed by atoms with van der Waals surface area (Å²) < 4.78 is 5.84. The second-order valence-corrected chi connectivity index (χ2v) is 8.35. The Bertz CT molecular complexity index is 677. The van der Waals surface area contributed by atoms with Crippen LogP contribution in [0.1, 0.15) is 55.5 Å². The van der Waals surface area contributed by atoms with Gasteiger partial charge in [-0.1, -0.05) is 0 Å². The molecular formula is C20H34Cl2N4O3. The molecule has 4 N–H and O–H groups in total. The minimum Gasteiger partial charge on any atom is -0.392 e. The number of aryl methyl sites for hydroxylation is 2. The number of nitrogens with zero attached hydrogens (tertiary/aromatic N) is 2. The number of aromatic amines is 1. The Hall–Kier alpha value is -0.860. The number of aliphatic hydroxyl groups is 1. The van der Waals surface area contributed by atoms with E-state index >= 15 is 0 Å². The number of hydrogen-bond donors (Lipinski definition) is 3. The first kappa shape index (κ1) is 24.4. The van der Waals surface area contributed by atoms with E-state index in [2.05, 4.69) is 10.2 Å². The number of likely N-dealkylation sites (tertiary alicyclic amines) is 1. The molecule has 0 unspecified atom stereocenters. The molecule has 2 atom stereocenters. The molecule has 0 bridgehead atoms. The molecule has 1 amide bonds. The molecule has 1 aromatic rings. The van der Waals surface area contributed by atoms with Crippen molar-refractivity contribution in [3.63, 3.8) is 0 Å². The topological polar surface area (TPSA) is 104 Å². The average Bonchev–Trinajstić information content (AvgIpc) is 3.12. The van der Waals surface area contributed by atoms with Crippen molar-refractivity contribution in [1.29, 1.82) is 0 Å². The predicted molar refractivity (Wildman–Crippen MR) is 116 cm³/mol. The lowest BCUT2D eigenvalue weighted by molar-refractivity contribution is -0.210. The lowest BCUT2D eigenvalue weighted by atomic mass is 9.58. The van der Waals surface area contributed by atoms with E-state index in [0.29, 0.717) is 39.1 Å². The third-order valence-electron chi connectivity index (χ3n) is 6.94. The van der Waals surface area contributed by atoms with Crippen molar-refractivity contribution in [2.24, 2.45) is 11.1 Å². The number of aliphatic hydroxyl groups excluding tert-OH is 1. The molecule has 1 saturated heterocycles. The molecule has 1 saturated carbocycles. The number of ether oxygens (including phenoxy) is 1. The number of halogens is 2. The Morgan fingerprint density at radius 2 is 2.00 bits per heavy atom. The van der Waals surface area contributed by atoms with Crippen molar-refractivity contribution in [3.8, 4) is 0 Å². The highest BCUT2D eigenvalue weighted by atomic mass is 35.5. The molecule has 4 rings (SSSR count). The number of rotatable bonds is 6. The minimum absolute atomic E-state index is 0. The van der Waals surface area contributed by atoms with Gasteiger partial charge in [-0.25, -0.2) is 0 Å². The summed E-state index contributed by atoms with van der Waals surface area (Å²) in [6.07, 6.45) is 7.94. The van der Waals surface area contributed by atoms with E-state index in [9.17, 15) is 9.90 Å². The molecule has 2 aliphatic carbocycles. The quantitative estimate of drug-likeness (QED) is 0.614. The molecule has 1 aromatic heterocycles. The maximum absolute atomic E-state index is 12.7. The van der Waals surface area contributed by atoms with E-state index in [1.54, 1.807) is 0 Å². The van der Waals surface area contributed by atoms with Crippen molar-refractivity contribution in [2.45, 2.75) is 70.0 Å². The first-order valence-corrected chi connectivity index (χ1v) is 10.5. The van der Waals surface area contributed by atoms with Gasteiger partial charge in [0.05, 0.1) is 24.5 Å². The van der Waals surface area contributed by atoms with Crippen LogP contribution in [0.2, 0.25) is 0 Å². The van der Waals surface area contributed by atoms with Gasteiger partial charge >= 0.3 is 0 Å². The lowest BCUT2D eigenvalue weighted by Gasteiger charge is -2.56. The second kappa shape index (κ2) is 10.4. The summed E-state index contributed by atoms with van der Waals surface area (Å²) in [4.78, 5) is 14.6. The first-order chi connectivity index (χ1) is 13.1. The Morgan fingerprint density at radius 3 is 2.69 bits per heavy atom. The van der Waals surface area contributed by atoms with Crippen molar-refractivity contribution in [1.82, 2.24) is 15.1 Å². The van der Waals surface area contributed by atoms with Gasteiger partial charge in [0.25, 0.3) is 0 Å². The van der Waals surface area contributed by atoms with Crippen molar-refractivity contribution in [2.75, 3.05) is 26.2 Å². The number of fused-ring (bicyclic) bond motifs is 1. The smallest absolute Gasteiger partial charge is 0.222 e. The fraction of sp³-hybridized carbons (Fsp3) is 0.800. The van der Waals surface area contributed by atoms with E-state index in [0.717, 1.165) is 37.8 Å². The Balaban J connectivity index is 0.00000150. The van der Waals surface area contributed by atoms with Gasteiger partial charge in [0.15, 0.2) is 0 Å². The summed E-state index contributed by atoms with van der Waals surface area (Å²) in [6.45, 7) is 2.45. The van der Waals surface area contributed by atoms with Crippen LogP contribution < -0.4 is 5.73 Å². The number of aromatic nitrogens is 2. The monoisotopic (exact) mass is 448 g/mol. The highest BCUT2D eigenvalue weighted by molar-refractivity contribution is 5.85. The van der Waals surface area contributed by atoms with E-state index in [1.807, 2.05) is 4.90 Å². The van der Waals surface area contributed by atoms with E-state index in [1.165, 1.54) is 24.1 Å². The minimum atomic E-state index is -0.312. The Morgan fingerprint density at radius 1 is 1.28 bits per heavy atom. The average molecular weight is 449 g/mol. The van der Waals surface area contributed by atoms with Gasteiger partial charge in [0.2, 0.25) is 5.91 Å².